The molecule has 17 heavy (non-hydrogen) atoms. The Morgan fingerprint density at radius 1 is 1.41 bits per heavy atom. The van der Waals surface area contributed by atoms with E-state index in [0.29, 0.717) is 6.54 Å². The van der Waals surface area contributed by atoms with E-state index in [1.54, 1.807) is 17.0 Å². The van der Waals surface area contributed by atoms with Crippen LogP contribution in [0, 0.1) is 6.92 Å². The number of hydrogen-bond donors (Lipinski definition) is 1. The van der Waals surface area contributed by atoms with Gasteiger partial charge in [-0.2, -0.15) is 0 Å². The van der Waals surface area contributed by atoms with Crippen LogP contribution in [0.25, 0.3) is 0 Å². The second kappa shape index (κ2) is 7.19. The van der Waals surface area contributed by atoms with E-state index in [4.69, 9.17) is 0 Å². The lowest BCUT2D eigenvalue weighted by Gasteiger charge is -2.10. The molecule has 0 saturated carbocycles. The van der Waals surface area contributed by atoms with E-state index in [0.717, 1.165) is 31.7 Å². The predicted molar refractivity (Wildman–Crippen MR) is 69.3 cm³/mol. The summed E-state index contributed by atoms with van der Waals surface area (Å²) in [7, 11) is 4.13. The zero-order valence-corrected chi connectivity index (χ0v) is 10.9. The second-order valence-electron chi connectivity index (χ2n) is 4.47. The van der Waals surface area contributed by atoms with Gasteiger partial charge in [-0.05, 0) is 40.5 Å². The lowest BCUT2D eigenvalue weighted by Crippen LogP contribution is -2.28. The quantitative estimate of drug-likeness (QED) is 0.684. The van der Waals surface area contributed by atoms with Gasteiger partial charge in [0.2, 0.25) is 0 Å². The van der Waals surface area contributed by atoms with Crippen LogP contribution in [0.15, 0.2) is 17.2 Å². The molecule has 5 nitrogen and oxygen atoms in total. The van der Waals surface area contributed by atoms with Crippen LogP contribution < -0.4 is 10.9 Å². The van der Waals surface area contributed by atoms with E-state index < -0.39 is 0 Å². The van der Waals surface area contributed by atoms with E-state index in [1.165, 1.54) is 0 Å². The van der Waals surface area contributed by atoms with Crippen LogP contribution in [-0.2, 0) is 6.54 Å². The van der Waals surface area contributed by atoms with Crippen LogP contribution in [0.2, 0.25) is 0 Å². The molecular formula is C12H22N4O. The molecule has 1 N–H and O–H groups in total. The molecule has 1 aromatic rings. The van der Waals surface area contributed by atoms with Crippen molar-refractivity contribution in [3.63, 3.8) is 0 Å². The number of rotatable bonds is 7. The minimum atomic E-state index is 0.0209. The number of aryl methyl sites for hydroxylation is 1. The van der Waals surface area contributed by atoms with E-state index in [9.17, 15) is 4.79 Å². The Morgan fingerprint density at radius 3 is 2.82 bits per heavy atom. The predicted octanol–water partition coefficient (Wildman–Crippen LogP) is 0.0930. The standard InChI is InChI=1S/C12H22N4O/c1-11-9-12(17)16(10-14-11)8-6-13-5-4-7-15(2)3/h9-10,13H,4-8H2,1-3H3. The largest absolute Gasteiger partial charge is 0.315 e. The minimum absolute atomic E-state index is 0.0209. The van der Waals surface area contributed by atoms with Gasteiger partial charge in [0.1, 0.15) is 0 Å². The zero-order chi connectivity index (χ0) is 12.7. The highest BCUT2D eigenvalue weighted by molar-refractivity contribution is 4.95. The van der Waals surface area contributed by atoms with Gasteiger partial charge in [-0.3, -0.25) is 9.36 Å². The molecule has 1 aromatic heterocycles. The molecule has 0 aliphatic heterocycles. The van der Waals surface area contributed by atoms with Gasteiger partial charge in [0.25, 0.3) is 5.56 Å². The molecule has 1 heterocycles. The lowest BCUT2D eigenvalue weighted by molar-refractivity contribution is 0.393. The van der Waals surface area contributed by atoms with Crippen LogP contribution in [0.5, 0.6) is 0 Å². The van der Waals surface area contributed by atoms with Crippen LogP contribution in [0.4, 0.5) is 0 Å². The number of hydrogen-bond acceptors (Lipinski definition) is 4. The molecule has 0 unspecified atom stereocenters. The molecule has 0 atom stereocenters. The Kier molecular flexibility index (Phi) is 5.86. The summed E-state index contributed by atoms with van der Waals surface area (Å²) in [5, 5.41) is 3.32. The maximum atomic E-state index is 11.5. The minimum Gasteiger partial charge on any atom is -0.315 e. The summed E-state index contributed by atoms with van der Waals surface area (Å²) in [4.78, 5) is 17.8. The average molecular weight is 238 g/mol. The Morgan fingerprint density at radius 2 is 2.18 bits per heavy atom. The molecule has 5 heteroatoms. The van der Waals surface area contributed by atoms with E-state index in [-0.39, 0.29) is 5.56 Å². The van der Waals surface area contributed by atoms with E-state index in [1.807, 2.05) is 6.92 Å². The maximum Gasteiger partial charge on any atom is 0.253 e. The third kappa shape index (κ3) is 5.60. The SMILES string of the molecule is Cc1cc(=O)n(CCNCCCN(C)C)cn1. The molecule has 96 valence electrons. The topological polar surface area (TPSA) is 50.2 Å². The Hall–Kier alpha value is -1.20. The highest BCUT2D eigenvalue weighted by Crippen LogP contribution is 1.85. The van der Waals surface area contributed by atoms with Crippen molar-refractivity contribution in [2.24, 2.45) is 0 Å². The Balaban J connectivity index is 2.20. The number of aromatic nitrogens is 2. The van der Waals surface area contributed by atoms with Gasteiger partial charge >= 0.3 is 0 Å². The van der Waals surface area contributed by atoms with Gasteiger partial charge in [-0.1, -0.05) is 0 Å². The molecule has 0 aliphatic rings. The van der Waals surface area contributed by atoms with Gasteiger partial charge in [0, 0.05) is 24.8 Å². The highest BCUT2D eigenvalue weighted by Gasteiger charge is 1.96. The fourth-order valence-corrected chi connectivity index (χ4v) is 1.53. The summed E-state index contributed by atoms with van der Waals surface area (Å²) in [6.07, 6.45) is 2.73. The van der Waals surface area contributed by atoms with Crippen molar-refractivity contribution in [2.75, 3.05) is 33.7 Å². The van der Waals surface area contributed by atoms with Crippen LogP contribution in [0.3, 0.4) is 0 Å². The number of nitrogens with zero attached hydrogens (tertiary/aromatic N) is 3. The molecule has 0 radical (unpaired) electrons. The molecule has 0 amide bonds. The van der Waals surface area contributed by atoms with E-state index >= 15 is 0 Å². The normalized spacial score (nSPS) is 11.1. The molecular weight excluding hydrogens is 216 g/mol. The summed E-state index contributed by atoms with van der Waals surface area (Å²) in [5.41, 5.74) is 0.790. The smallest absolute Gasteiger partial charge is 0.253 e. The van der Waals surface area contributed by atoms with Crippen molar-refractivity contribution in [3.05, 3.63) is 28.4 Å². The Labute approximate surface area is 102 Å². The first-order valence-corrected chi connectivity index (χ1v) is 5.98. The first-order chi connectivity index (χ1) is 8.09. The molecule has 1 rings (SSSR count). The third-order valence-corrected chi connectivity index (χ3v) is 2.50. The average Bonchev–Trinajstić information content (AvgIpc) is 2.25. The molecule has 0 fully saturated rings. The van der Waals surface area contributed by atoms with Crippen LogP contribution >= 0.6 is 0 Å². The molecule has 0 aliphatic carbocycles. The van der Waals surface area contributed by atoms with Crippen molar-refractivity contribution >= 4 is 0 Å². The monoisotopic (exact) mass is 238 g/mol. The van der Waals surface area contributed by atoms with Gasteiger partial charge in [0.15, 0.2) is 0 Å². The fourth-order valence-electron chi connectivity index (χ4n) is 1.53. The van der Waals surface area contributed by atoms with Gasteiger partial charge in [0.05, 0.1) is 6.33 Å². The fraction of sp³-hybridized carbons (Fsp3) is 0.667. The van der Waals surface area contributed by atoms with Crippen molar-refractivity contribution in [1.82, 2.24) is 19.8 Å². The summed E-state index contributed by atoms with van der Waals surface area (Å²) >= 11 is 0. The summed E-state index contributed by atoms with van der Waals surface area (Å²) in [6, 6.07) is 1.56. The van der Waals surface area contributed by atoms with Gasteiger partial charge < -0.3 is 10.2 Å². The van der Waals surface area contributed by atoms with Crippen molar-refractivity contribution in [3.8, 4) is 0 Å². The van der Waals surface area contributed by atoms with Crippen LogP contribution in [-0.4, -0.2) is 48.2 Å². The molecule has 0 saturated heterocycles. The second-order valence-corrected chi connectivity index (χ2v) is 4.47. The van der Waals surface area contributed by atoms with Gasteiger partial charge in [-0.15, -0.1) is 0 Å². The van der Waals surface area contributed by atoms with Crippen molar-refractivity contribution in [1.29, 1.82) is 0 Å². The highest BCUT2D eigenvalue weighted by atomic mass is 16.1. The number of nitrogens with one attached hydrogen (secondary N) is 1. The first-order valence-electron chi connectivity index (χ1n) is 5.98. The lowest BCUT2D eigenvalue weighted by atomic mass is 10.4. The van der Waals surface area contributed by atoms with Crippen molar-refractivity contribution < 1.29 is 0 Å². The van der Waals surface area contributed by atoms with Gasteiger partial charge in [-0.25, -0.2) is 4.98 Å². The molecule has 0 spiro atoms. The molecule has 0 bridgehead atoms. The first kappa shape index (κ1) is 13.9. The summed E-state index contributed by atoms with van der Waals surface area (Å²) < 4.78 is 1.63. The zero-order valence-electron chi connectivity index (χ0n) is 10.9. The third-order valence-electron chi connectivity index (χ3n) is 2.50. The summed E-state index contributed by atoms with van der Waals surface area (Å²) in [5.74, 6) is 0. The Bertz CT molecular complexity index is 386. The molecule has 0 aromatic carbocycles. The van der Waals surface area contributed by atoms with E-state index in [2.05, 4.69) is 29.3 Å². The van der Waals surface area contributed by atoms with Crippen LogP contribution in [0.1, 0.15) is 12.1 Å². The maximum absolute atomic E-state index is 11.5. The summed E-state index contributed by atoms with van der Waals surface area (Å²) in [6.45, 7) is 5.36. The van der Waals surface area contributed by atoms with Crippen molar-refractivity contribution in [2.45, 2.75) is 19.9 Å².